The molecule has 21 heavy (non-hydrogen) atoms. The van der Waals surface area contributed by atoms with Gasteiger partial charge in [-0.1, -0.05) is 36.4 Å². The van der Waals surface area contributed by atoms with Crippen LogP contribution in [-0.4, -0.2) is 0 Å². The highest BCUT2D eigenvalue weighted by molar-refractivity contribution is 5.85. The molecule has 1 atom stereocenters. The number of anilines is 1. The molecule has 3 aromatic rings. The SMILES string of the molecule is Fc1ccc2c(c1)CCC2Nc1ccc2ccccc2c1. The molecule has 1 aliphatic rings. The van der Waals surface area contributed by atoms with Crippen LogP contribution >= 0.6 is 0 Å². The summed E-state index contributed by atoms with van der Waals surface area (Å²) >= 11 is 0. The quantitative estimate of drug-likeness (QED) is 0.689. The lowest BCUT2D eigenvalue weighted by Gasteiger charge is -2.16. The second-order valence-electron chi connectivity index (χ2n) is 5.64. The molecule has 0 amide bonds. The van der Waals surface area contributed by atoms with Crippen LogP contribution in [0.15, 0.2) is 60.7 Å². The van der Waals surface area contributed by atoms with Crippen LogP contribution in [0, 0.1) is 5.82 Å². The lowest BCUT2D eigenvalue weighted by molar-refractivity contribution is 0.626. The average molecular weight is 277 g/mol. The molecule has 1 aliphatic carbocycles. The maximum Gasteiger partial charge on any atom is 0.123 e. The Morgan fingerprint density at radius 1 is 0.905 bits per heavy atom. The van der Waals surface area contributed by atoms with Crippen LogP contribution in [0.5, 0.6) is 0 Å². The monoisotopic (exact) mass is 277 g/mol. The Balaban J connectivity index is 1.64. The van der Waals surface area contributed by atoms with Crippen molar-refractivity contribution < 1.29 is 4.39 Å². The van der Waals surface area contributed by atoms with E-state index in [1.807, 2.05) is 6.07 Å². The summed E-state index contributed by atoms with van der Waals surface area (Å²) in [5.41, 5.74) is 3.48. The van der Waals surface area contributed by atoms with Gasteiger partial charge in [-0.2, -0.15) is 0 Å². The molecule has 1 nitrogen and oxygen atoms in total. The number of nitrogens with one attached hydrogen (secondary N) is 1. The molecule has 0 spiro atoms. The Morgan fingerprint density at radius 2 is 1.76 bits per heavy atom. The molecule has 2 heteroatoms. The first-order valence-corrected chi connectivity index (χ1v) is 7.33. The standard InChI is InChI=1S/C19H16FN/c20-16-7-9-18-15(11-16)6-10-19(18)21-17-8-5-13-3-1-2-4-14(13)12-17/h1-5,7-9,11-12,19,21H,6,10H2. The van der Waals surface area contributed by atoms with E-state index in [2.05, 4.69) is 47.8 Å². The number of hydrogen-bond donors (Lipinski definition) is 1. The molecule has 0 aliphatic heterocycles. The highest BCUT2D eigenvalue weighted by atomic mass is 19.1. The van der Waals surface area contributed by atoms with Gasteiger partial charge in [0.2, 0.25) is 0 Å². The normalized spacial score (nSPS) is 16.9. The van der Waals surface area contributed by atoms with E-state index in [1.165, 1.54) is 16.3 Å². The number of halogens is 1. The number of hydrogen-bond acceptors (Lipinski definition) is 1. The summed E-state index contributed by atoms with van der Waals surface area (Å²) in [4.78, 5) is 0. The zero-order valence-corrected chi connectivity index (χ0v) is 11.6. The average Bonchev–Trinajstić information content (AvgIpc) is 2.89. The van der Waals surface area contributed by atoms with Gasteiger partial charge in [0.15, 0.2) is 0 Å². The van der Waals surface area contributed by atoms with Crippen molar-refractivity contribution in [2.45, 2.75) is 18.9 Å². The number of fused-ring (bicyclic) bond motifs is 2. The van der Waals surface area contributed by atoms with Crippen LogP contribution in [0.1, 0.15) is 23.6 Å². The molecule has 0 heterocycles. The largest absolute Gasteiger partial charge is 0.378 e. The fourth-order valence-electron chi connectivity index (χ4n) is 3.22. The van der Waals surface area contributed by atoms with Gasteiger partial charge < -0.3 is 5.32 Å². The molecular formula is C19H16FN. The van der Waals surface area contributed by atoms with Crippen LogP contribution in [0.2, 0.25) is 0 Å². The molecule has 0 bridgehead atoms. The third kappa shape index (κ3) is 2.27. The maximum atomic E-state index is 13.3. The number of benzene rings is 3. The number of aryl methyl sites for hydroxylation is 1. The predicted octanol–water partition coefficient (Wildman–Crippen LogP) is 5.08. The molecule has 1 N–H and O–H groups in total. The van der Waals surface area contributed by atoms with Crippen molar-refractivity contribution in [2.24, 2.45) is 0 Å². The Bertz CT molecular complexity index is 810. The fraction of sp³-hybridized carbons (Fsp3) is 0.158. The van der Waals surface area contributed by atoms with Gasteiger partial charge in [0.05, 0.1) is 6.04 Å². The summed E-state index contributed by atoms with van der Waals surface area (Å²) in [6.07, 6.45) is 1.96. The minimum absolute atomic E-state index is 0.139. The highest BCUT2D eigenvalue weighted by Gasteiger charge is 2.22. The van der Waals surface area contributed by atoms with Crippen LogP contribution in [0.4, 0.5) is 10.1 Å². The smallest absolute Gasteiger partial charge is 0.123 e. The first-order valence-electron chi connectivity index (χ1n) is 7.33. The van der Waals surface area contributed by atoms with Gasteiger partial charge in [0, 0.05) is 5.69 Å². The van der Waals surface area contributed by atoms with E-state index in [1.54, 1.807) is 12.1 Å². The van der Waals surface area contributed by atoms with Gasteiger partial charge >= 0.3 is 0 Å². The topological polar surface area (TPSA) is 12.0 Å². The van der Waals surface area contributed by atoms with Crippen molar-refractivity contribution in [2.75, 3.05) is 5.32 Å². The van der Waals surface area contributed by atoms with E-state index >= 15 is 0 Å². The maximum absolute atomic E-state index is 13.3. The summed E-state index contributed by atoms with van der Waals surface area (Å²) in [6.45, 7) is 0. The summed E-state index contributed by atoms with van der Waals surface area (Å²) in [7, 11) is 0. The van der Waals surface area contributed by atoms with E-state index in [4.69, 9.17) is 0 Å². The Morgan fingerprint density at radius 3 is 2.67 bits per heavy atom. The van der Waals surface area contributed by atoms with E-state index < -0.39 is 0 Å². The minimum atomic E-state index is -0.139. The van der Waals surface area contributed by atoms with Crippen molar-refractivity contribution in [3.05, 3.63) is 77.6 Å². The van der Waals surface area contributed by atoms with Crippen LogP contribution in [-0.2, 0) is 6.42 Å². The van der Waals surface area contributed by atoms with Gasteiger partial charge in [0.1, 0.15) is 5.82 Å². The lowest BCUT2D eigenvalue weighted by atomic mass is 10.1. The minimum Gasteiger partial charge on any atom is -0.378 e. The van der Waals surface area contributed by atoms with Gasteiger partial charge in [-0.3, -0.25) is 0 Å². The fourth-order valence-corrected chi connectivity index (χ4v) is 3.22. The third-order valence-corrected chi connectivity index (χ3v) is 4.27. The Kier molecular flexibility index (Phi) is 2.88. The van der Waals surface area contributed by atoms with Crippen molar-refractivity contribution in [3.8, 4) is 0 Å². The van der Waals surface area contributed by atoms with Gasteiger partial charge in [-0.25, -0.2) is 4.39 Å². The van der Waals surface area contributed by atoms with Crippen LogP contribution in [0.3, 0.4) is 0 Å². The van der Waals surface area contributed by atoms with Crippen LogP contribution < -0.4 is 5.32 Å². The molecule has 3 aromatic carbocycles. The second kappa shape index (κ2) is 4.88. The van der Waals surface area contributed by atoms with Crippen LogP contribution in [0.25, 0.3) is 10.8 Å². The molecule has 0 saturated carbocycles. The van der Waals surface area contributed by atoms with Crippen molar-refractivity contribution in [3.63, 3.8) is 0 Å². The second-order valence-corrected chi connectivity index (χ2v) is 5.64. The Labute approximate surface area is 123 Å². The van der Waals surface area contributed by atoms with E-state index in [9.17, 15) is 4.39 Å². The predicted molar refractivity (Wildman–Crippen MR) is 85.0 cm³/mol. The Hall–Kier alpha value is -2.35. The van der Waals surface area contributed by atoms with Gasteiger partial charge in [0.25, 0.3) is 0 Å². The molecule has 0 radical (unpaired) electrons. The molecule has 104 valence electrons. The lowest BCUT2D eigenvalue weighted by Crippen LogP contribution is -2.06. The van der Waals surface area contributed by atoms with Crippen molar-refractivity contribution in [1.82, 2.24) is 0 Å². The summed E-state index contributed by atoms with van der Waals surface area (Å²) in [5.74, 6) is -0.139. The van der Waals surface area contributed by atoms with E-state index in [0.29, 0.717) is 0 Å². The third-order valence-electron chi connectivity index (χ3n) is 4.27. The summed E-state index contributed by atoms with van der Waals surface area (Å²) < 4.78 is 13.3. The van der Waals surface area contributed by atoms with Gasteiger partial charge in [-0.15, -0.1) is 0 Å². The molecular weight excluding hydrogens is 261 g/mol. The molecule has 0 saturated heterocycles. The summed E-state index contributed by atoms with van der Waals surface area (Å²) in [6, 6.07) is 20.2. The highest BCUT2D eigenvalue weighted by Crippen LogP contribution is 2.34. The van der Waals surface area contributed by atoms with Gasteiger partial charge in [-0.05, 0) is 59.0 Å². The molecule has 1 unspecified atom stereocenters. The summed E-state index contributed by atoms with van der Waals surface area (Å²) in [5, 5.41) is 6.07. The zero-order chi connectivity index (χ0) is 14.2. The molecule has 0 fully saturated rings. The number of rotatable bonds is 2. The zero-order valence-electron chi connectivity index (χ0n) is 11.6. The van der Waals surface area contributed by atoms with E-state index in [-0.39, 0.29) is 11.9 Å². The van der Waals surface area contributed by atoms with Crippen molar-refractivity contribution >= 4 is 16.5 Å². The first kappa shape index (κ1) is 12.4. The van der Waals surface area contributed by atoms with E-state index in [0.717, 1.165) is 24.1 Å². The van der Waals surface area contributed by atoms with Crippen molar-refractivity contribution in [1.29, 1.82) is 0 Å². The molecule has 0 aromatic heterocycles. The molecule has 4 rings (SSSR count). The first-order chi connectivity index (χ1) is 10.3.